The lowest BCUT2D eigenvalue weighted by atomic mass is 9.98. The lowest BCUT2D eigenvalue weighted by Gasteiger charge is -2.18. The van der Waals surface area contributed by atoms with Gasteiger partial charge in [-0.1, -0.05) is 42.5 Å². The standard InChI is InChI=1S/C23H22N4O3S/c24-31(29,30)18-10-8-16(9-11-18)12-14-26-21(17-5-2-1-3-6-17)23(28)19-15-27-20-7-4-13-25-22(19)20/h1-11,13,15,21,26-27H,12,14H2,(H2,24,29,30)/t21-/m1/s1. The fourth-order valence-corrected chi connectivity index (χ4v) is 4.03. The maximum Gasteiger partial charge on any atom is 0.238 e. The van der Waals surface area contributed by atoms with Gasteiger partial charge in [-0.25, -0.2) is 13.6 Å². The molecular formula is C23H22N4O3S. The van der Waals surface area contributed by atoms with Crippen LogP contribution in [-0.2, 0) is 16.4 Å². The Kier molecular flexibility index (Phi) is 5.94. The molecular weight excluding hydrogens is 412 g/mol. The normalized spacial score (nSPS) is 12.7. The monoisotopic (exact) mass is 434 g/mol. The number of rotatable bonds is 8. The van der Waals surface area contributed by atoms with Crippen molar-refractivity contribution in [1.82, 2.24) is 15.3 Å². The Balaban J connectivity index is 1.53. The van der Waals surface area contributed by atoms with Crippen LogP contribution in [0.1, 0.15) is 27.5 Å². The topological polar surface area (TPSA) is 118 Å². The molecule has 0 unspecified atom stereocenters. The Morgan fingerprint density at radius 3 is 2.48 bits per heavy atom. The van der Waals surface area contributed by atoms with Gasteiger partial charge in [0, 0.05) is 18.9 Å². The number of primary sulfonamides is 1. The number of hydrogen-bond acceptors (Lipinski definition) is 5. The van der Waals surface area contributed by atoms with Crippen LogP contribution in [0, 0.1) is 0 Å². The van der Waals surface area contributed by atoms with E-state index in [1.807, 2.05) is 42.5 Å². The number of fused-ring (bicyclic) bond motifs is 1. The van der Waals surface area contributed by atoms with Gasteiger partial charge in [0.1, 0.15) is 0 Å². The third-order valence-corrected chi connectivity index (χ3v) is 6.04. The molecule has 31 heavy (non-hydrogen) atoms. The smallest absolute Gasteiger partial charge is 0.238 e. The third kappa shape index (κ3) is 4.72. The lowest BCUT2D eigenvalue weighted by Crippen LogP contribution is -2.30. The van der Waals surface area contributed by atoms with Gasteiger partial charge >= 0.3 is 0 Å². The second kappa shape index (κ2) is 8.81. The van der Waals surface area contributed by atoms with E-state index in [4.69, 9.17) is 5.14 Å². The molecule has 0 amide bonds. The Bertz CT molecular complexity index is 1300. The Morgan fingerprint density at radius 2 is 1.77 bits per heavy atom. The minimum Gasteiger partial charge on any atom is -0.359 e. The van der Waals surface area contributed by atoms with Crippen molar-refractivity contribution in [2.75, 3.05) is 6.54 Å². The first-order valence-corrected chi connectivity index (χ1v) is 11.3. The molecule has 0 fully saturated rings. The van der Waals surface area contributed by atoms with E-state index in [0.29, 0.717) is 24.0 Å². The van der Waals surface area contributed by atoms with E-state index in [-0.39, 0.29) is 10.7 Å². The first kappa shape index (κ1) is 20.9. The van der Waals surface area contributed by atoms with Gasteiger partial charge in [-0.15, -0.1) is 0 Å². The van der Waals surface area contributed by atoms with E-state index in [1.54, 1.807) is 24.5 Å². The van der Waals surface area contributed by atoms with Crippen LogP contribution in [0.15, 0.2) is 84.0 Å². The van der Waals surface area contributed by atoms with E-state index >= 15 is 0 Å². The second-order valence-electron chi connectivity index (χ2n) is 7.20. The average molecular weight is 435 g/mol. The molecule has 2 heterocycles. The summed E-state index contributed by atoms with van der Waals surface area (Å²) < 4.78 is 22.8. The van der Waals surface area contributed by atoms with E-state index in [1.165, 1.54) is 12.1 Å². The molecule has 2 aromatic carbocycles. The number of aromatic amines is 1. The molecule has 0 saturated carbocycles. The van der Waals surface area contributed by atoms with Gasteiger partial charge in [-0.2, -0.15) is 0 Å². The van der Waals surface area contributed by atoms with Crippen LogP contribution in [0.4, 0.5) is 0 Å². The number of aromatic nitrogens is 2. The van der Waals surface area contributed by atoms with Crippen LogP contribution in [-0.4, -0.2) is 30.7 Å². The predicted octanol–water partition coefficient (Wildman–Crippen LogP) is 2.97. The van der Waals surface area contributed by atoms with Gasteiger partial charge in [0.15, 0.2) is 5.78 Å². The largest absolute Gasteiger partial charge is 0.359 e. The van der Waals surface area contributed by atoms with Crippen molar-refractivity contribution in [2.45, 2.75) is 17.4 Å². The summed E-state index contributed by atoms with van der Waals surface area (Å²) in [6.07, 6.45) is 3.99. The van der Waals surface area contributed by atoms with E-state index in [2.05, 4.69) is 15.3 Å². The Labute approximate surface area is 180 Å². The number of benzene rings is 2. The van der Waals surface area contributed by atoms with Gasteiger partial charge in [-0.05, 0) is 41.8 Å². The molecule has 0 aliphatic rings. The number of hydrogen-bond donors (Lipinski definition) is 3. The molecule has 0 aliphatic carbocycles. The summed E-state index contributed by atoms with van der Waals surface area (Å²) in [6, 6.07) is 19.1. The molecule has 0 saturated heterocycles. The highest BCUT2D eigenvalue weighted by molar-refractivity contribution is 7.89. The van der Waals surface area contributed by atoms with E-state index < -0.39 is 16.1 Å². The van der Waals surface area contributed by atoms with Crippen molar-refractivity contribution in [3.05, 3.63) is 95.8 Å². The minimum absolute atomic E-state index is 0.0688. The van der Waals surface area contributed by atoms with Crippen LogP contribution >= 0.6 is 0 Å². The molecule has 4 rings (SSSR count). The zero-order valence-corrected chi connectivity index (χ0v) is 17.5. The Hall–Kier alpha value is -3.33. The highest BCUT2D eigenvalue weighted by Gasteiger charge is 2.24. The quantitative estimate of drug-likeness (QED) is 0.369. The van der Waals surface area contributed by atoms with Crippen molar-refractivity contribution in [1.29, 1.82) is 0 Å². The molecule has 4 aromatic rings. The number of H-pyrrole nitrogens is 1. The molecule has 158 valence electrons. The molecule has 7 nitrogen and oxygen atoms in total. The number of nitrogens with zero attached hydrogens (tertiary/aromatic N) is 1. The SMILES string of the molecule is NS(=O)(=O)c1ccc(CCN[C@@H](C(=O)c2c[nH]c3cccnc23)c2ccccc2)cc1. The number of carbonyl (C=O) groups excluding carboxylic acids is 1. The molecule has 4 N–H and O–H groups in total. The van der Waals surface area contributed by atoms with Gasteiger partial charge in [0.05, 0.1) is 27.5 Å². The Morgan fingerprint density at radius 1 is 1.03 bits per heavy atom. The summed E-state index contributed by atoms with van der Waals surface area (Å²) in [5, 5.41) is 8.49. The van der Waals surface area contributed by atoms with Gasteiger partial charge in [-0.3, -0.25) is 9.78 Å². The van der Waals surface area contributed by atoms with Crippen molar-refractivity contribution in [2.24, 2.45) is 5.14 Å². The van der Waals surface area contributed by atoms with Crippen molar-refractivity contribution < 1.29 is 13.2 Å². The minimum atomic E-state index is -3.71. The number of nitrogens with two attached hydrogens (primary N) is 1. The highest BCUT2D eigenvalue weighted by Crippen LogP contribution is 2.23. The number of carbonyl (C=O) groups is 1. The second-order valence-corrected chi connectivity index (χ2v) is 8.76. The summed E-state index contributed by atoms with van der Waals surface area (Å²) in [5.74, 6) is -0.0688. The fourth-order valence-electron chi connectivity index (χ4n) is 3.51. The van der Waals surface area contributed by atoms with Gasteiger partial charge < -0.3 is 10.3 Å². The molecule has 0 bridgehead atoms. The molecule has 2 aromatic heterocycles. The summed E-state index contributed by atoms with van der Waals surface area (Å²) in [7, 11) is -3.71. The van der Waals surface area contributed by atoms with Crippen LogP contribution in [0.2, 0.25) is 0 Å². The molecule has 0 radical (unpaired) electrons. The zero-order chi connectivity index (χ0) is 21.8. The van der Waals surface area contributed by atoms with Crippen LogP contribution in [0.5, 0.6) is 0 Å². The molecule has 0 spiro atoms. The van der Waals surface area contributed by atoms with Crippen LogP contribution < -0.4 is 10.5 Å². The maximum absolute atomic E-state index is 13.4. The first-order chi connectivity index (χ1) is 14.9. The number of pyridine rings is 1. The zero-order valence-electron chi connectivity index (χ0n) is 16.7. The van der Waals surface area contributed by atoms with Crippen molar-refractivity contribution >= 4 is 26.8 Å². The van der Waals surface area contributed by atoms with Crippen molar-refractivity contribution in [3.63, 3.8) is 0 Å². The highest BCUT2D eigenvalue weighted by atomic mass is 32.2. The van der Waals surface area contributed by atoms with Gasteiger partial charge in [0.2, 0.25) is 10.0 Å². The van der Waals surface area contributed by atoms with Gasteiger partial charge in [0.25, 0.3) is 0 Å². The predicted molar refractivity (Wildman–Crippen MR) is 119 cm³/mol. The number of sulfonamides is 1. The summed E-state index contributed by atoms with van der Waals surface area (Å²) in [4.78, 5) is 21.0. The van der Waals surface area contributed by atoms with E-state index in [9.17, 15) is 13.2 Å². The van der Waals surface area contributed by atoms with Crippen LogP contribution in [0.3, 0.4) is 0 Å². The number of nitrogens with one attached hydrogen (secondary N) is 2. The molecule has 1 atom stereocenters. The third-order valence-electron chi connectivity index (χ3n) is 5.11. The van der Waals surface area contributed by atoms with E-state index in [0.717, 1.165) is 16.6 Å². The summed E-state index contributed by atoms with van der Waals surface area (Å²) in [5.41, 5.74) is 3.80. The average Bonchev–Trinajstić information content (AvgIpc) is 3.21. The fraction of sp³-hybridized carbons (Fsp3) is 0.130. The summed E-state index contributed by atoms with van der Waals surface area (Å²) >= 11 is 0. The number of Topliss-reactive ketones (excluding diaryl/α,β-unsaturated/α-hetero) is 1. The van der Waals surface area contributed by atoms with Crippen LogP contribution in [0.25, 0.3) is 11.0 Å². The first-order valence-electron chi connectivity index (χ1n) is 9.80. The maximum atomic E-state index is 13.4. The van der Waals surface area contributed by atoms with Crippen molar-refractivity contribution in [3.8, 4) is 0 Å². The lowest BCUT2D eigenvalue weighted by molar-refractivity contribution is 0.0944. The number of ketones is 1. The molecule has 8 heteroatoms. The summed E-state index contributed by atoms with van der Waals surface area (Å²) in [6.45, 7) is 0.524. The molecule has 0 aliphatic heterocycles.